The van der Waals surface area contributed by atoms with Crippen molar-refractivity contribution in [2.75, 3.05) is 0 Å². The molecule has 15 heavy (non-hydrogen) atoms. The number of nitro groups is 1. The highest BCUT2D eigenvalue weighted by Gasteiger charge is 2.17. The predicted molar refractivity (Wildman–Crippen MR) is 50.2 cm³/mol. The molecule has 0 saturated carbocycles. The fourth-order valence-corrected chi connectivity index (χ4v) is 1.10. The van der Waals surface area contributed by atoms with Gasteiger partial charge in [0.2, 0.25) is 0 Å². The molecule has 0 aliphatic rings. The zero-order valence-corrected chi connectivity index (χ0v) is 7.91. The molecule has 0 aliphatic carbocycles. The Morgan fingerprint density at radius 1 is 1.47 bits per heavy atom. The van der Waals surface area contributed by atoms with E-state index in [1.807, 2.05) is 0 Å². The molecule has 1 rings (SSSR count). The first-order valence-corrected chi connectivity index (χ1v) is 4.16. The van der Waals surface area contributed by atoms with E-state index >= 15 is 0 Å². The van der Waals surface area contributed by atoms with Crippen LogP contribution in [0.2, 0.25) is 0 Å². The number of hydrogen-bond acceptors (Lipinski definition) is 5. The van der Waals surface area contributed by atoms with E-state index in [0.29, 0.717) is 5.56 Å². The third-order valence-corrected chi connectivity index (χ3v) is 2.05. The second-order valence-electron chi connectivity index (χ2n) is 2.98. The van der Waals surface area contributed by atoms with Crippen LogP contribution in [0.15, 0.2) is 24.3 Å². The molecular formula is C9H9NO5. The molecule has 6 nitrogen and oxygen atoms in total. The van der Waals surface area contributed by atoms with Gasteiger partial charge in [0, 0.05) is 12.1 Å². The van der Waals surface area contributed by atoms with Crippen LogP contribution in [0.3, 0.4) is 0 Å². The Kier molecular flexibility index (Phi) is 3.35. The summed E-state index contributed by atoms with van der Waals surface area (Å²) in [5, 5.41) is 18.5. The average Bonchev–Trinajstić information content (AvgIpc) is 2.27. The summed E-state index contributed by atoms with van der Waals surface area (Å²) in [5.74, 6) is -1.46. The summed E-state index contributed by atoms with van der Waals surface area (Å²) in [6.07, 6.45) is 0. The molecule has 0 unspecified atom stereocenters. The van der Waals surface area contributed by atoms with E-state index in [0.717, 1.165) is 0 Å². The summed E-state index contributed by atoms with van der Waals surface area (Å²) in [5.41, 5.74) is 0.489. The first-order valence-electron chi connectivity index (χ1n) is 4.16. The smallest absolute Gasteiger partial charge is 0.300 e. The topological polar surface area (TPSA) is 89.7 Å². The highest BCUT2D eigenvalue weighted by molar-refractivity contribution is 5.77. The molecule has 0 saturated heterocycles. The Labute approximate surface area is 85.2 Å². The van der Waals surface area contributed by atoms with E-state index in [2.05, 4.69) is 4.89 Å². The van der Waals surface area contributed by atoms with Crippen molar-refractivity contribution in [2.24, 2.45) is 0 Å². The highest BCUT2D eigenvalue weighted by atomic mass is 17.1. The van der Waals surface area contributed by atoms with Crippen molar-refractivity contribution in [1.29, 1.82) is 0 Å². The maximum absolute atomic E-state index is 10.9. The van der Waals surface area contributed by atoms with E-state index in [-0.39, 0.29) is 5.69 Å². The second kappa shape index (κ2) is 4.52. The summed E-state index contributed by atoms with van der Waals surface area (Å²) in [7, 11) is 0. The molecule has 0 aromatic heterocycles. The lowest BCUT2D eigenvalue weighted by Crippen LogP contribution is -2.10. The van der Waals surface area contributed by atoms with Gasteiger partial charge in [0.1, 0.15) is 0 Å². The number of benzene rings is 1. The lowest BCUT2D eigenvalue weighted by Gasteiger charge is -2.06. The van der Waals surface area contributed by atoms with Crippen molar-refractivity contribution in [3.63, 3.8) is 0 Å². The summed E-state index contributed by atoms with van der Waals surface area (Å²) in [6.45, 7) is 1.53. The highest BCUT2D eigenvalue weighted by Crippen LogP contribution is 2.19. The molecule has 1 aromatic carbocycles. The standard InChI is InChI=1S/C9H9NO5/c1-6(9(11)15-14)7-2-4-8(5-3-7)10(12)13/h2-6,14H,1H3/t6-/m1/s1. The van der Waals surface area contributed by atoms with Gasteiger partial charge in [0.25, 0.3) is 5.69 Å². The first-order chi connectivity index (χ1) is 7.06. The number of non-ortho nitro benzene ring substituents is 1. The van der Waals surface area contributed by atoms with Crippen LogP contribution in [-0.4, -0.2) is 16.1 Å². The summed E-state index contributed by atoms with van der Waals surface area (Å²) >= 11 is 0. The van der Waals surface area contributed by atoms with Crippen LogP contribution in [-0.2, 0) is 9.68 Å². The quantitative estimate of drug-likeness (QED) is 0.467. The SMILES string of the molecule is C[C@@H](C(=O)OO)c1ccc([N+](=O)[O-])cc1. The molecular weight excluding hydrogens is 202 g/mol. The third kappa shape index (κ3) is 2.50. The van der Waals surface area contributed by atoms with Crippen LogP contribution < -0.4 is 0 Å². The van der Waals surface area contributed by atoms with E-state index < -0.39 is 16.8 Å². The fraction of sp³-hybridized carbons (Fsp3) is 0.222. The van der Waals surface area contributed by atoms with Gasteiger partial charge >= 0.3 is 5.97 Å². The molecule has 80 valence electrons. The first kappa shape index (κ1) is 11.1. The largest absolute Gasteiger partial charge is 0.349 e. The van der Waals surface area contributed by atoms with Crippen molar-refractivity contribution in [3.05, 3.63) is 39.9 Å². The van der Waals surface area contributed by atoms with Crippen molar-refractivity contribution in [2.45, 2.75) is 12.8 Å². The Morgan fingerprint density at radius 2 is 2.00 bits per heavy atom. The summed E-state index contributed by atoms with van der Waals surface area (Å²) in [6, 6.07) is 5.46. The third-order valence-electron chi connectivity index (χ3n) is 2.05. The molecule has 0 radical (unpaired) electrons. The van der Waals surface area contributed by atoms with Crippen LogP contribution in [0, 0.1) is 10.1 Å². The van der Waals surface area contributed by atoms with Crippen LogP contribution >= 0.6 is 0 Å². The lowest BCUT2D eigenvalue weighted by atomic mass is 10.0. The molecule has 1 N–H and O–H groups in total. The number of rotatable bonds is 3. The van der Waals surface area contributed by atoms with Gasteiger partial charge in [0.05, 0.1) is 10.8 Å². The molecule has 0 heterocycles. The fourth-order valence-electron chi connectivity index (χ4n) is 1.10. The molecule has 0 bridgehead atoms. The number of hydrogen-bond donors (Lipinski definition) is 1. The summed E-state index contributed by atoms with van der Waals surface area (Å²) in [4.78, 5) is 24.3. The van der Waals surface area contributed by atoms with Gasteiger partial charge in [-0.2, -0.15) is 5.26 Å². The minimum atomic E-state index is -0.802. The molecule has 0 spiro atoms. The molecule has 1 atom stereocenters. The van der Waals surface area contributed by atoms with Gasteiger partial charge in [0.15, 0.2) is 0 Å². The van der Waals surface area contributed by atoms with Crippen LogP contribution in [0.25, 0.3) is 0 Å². The van der Waals surface area contributed by atoms with Gasteiger partial charge in [-0.3, -0.25) is 10.1 Å². The molecule has 0 amide bonds. The van der Waals surface area contributed by atoms with Gasteiger partial charge in [-0.25, -0.2) is 4.79 Å². The van der Waals surface area contributed by atoms with E-state index in [1.54, 1.807) is 0 Å². The number of carbonyl (C=O) groups excluding carboxylic acids is 1. The minimum Gasteiger partial charge on any atom is -0.300 e. The second-order valence-corrected chi connectivity index (χ2v) is 2.98. The van der Waals surface area contributed by atoms with E-state index in [1.165, 1.54) is 31.2 Å². The maximum atomic E-state index is 10.9. The van der Waals surface area contributed by atoms with Crippen molar-refractivity contribution in [1.82, 2.24) is 0 Å². The zero-order chi connectivity index (χ0) is 11.4. The predicted octanol–water partition coefficient (Wildman–Crippen LogP) is 1.71. The Balaban J connectivity index is 2.89. The Bertz CT molecular complexity index is 373. The van der Waals surface area contributed by atoms with Gasteiger partial charge < -0.3 is 4.89 Å². The molecule has 0 aliphatic heterocycles. The van der Waals surface area contributed by atoms with Crippen LogP contribution in [0.1, 0.15) is 18.4 Å². The van der Waals surface area contributed by atoms with E-state index in [4.69, 9.17) is 5.26 Å². The number of nitrogens with zero attached hydrogens (tertiary/aromatic N) is 1. The Morgan fingerprint density at radius 3 is 2.40 bits per heavy atom. The van der Waals surface area contributed by atoms with Gasteiger partial charge in [-0.05, 0) is 12.5 Å². The lowest BCUT2D eigenvalue weighted by molar-refractivity contribution is -0.384. The van der Waals surface area contributed by atoms with Crippen LogP contribution in [0.4, 0.5) is 5.69 Å². The molecule has 6 heteroatoms. The number of carbonyl (C=O) groups is 1. The van der Waals surface area contributed by atoms with Crippen molar-refractivity contribution < 1.29 is 19.9 Å². The monoisotopic (exact) mass is 211 g/mol. The van der Waals surface area contributed by atoms with Gasteiger partial charge in [-0.1, -0.05) is 12.1 Å². The van der Waals surface area contributed by atoms with Crippen molar-refractivity contribution in [3.8, 4) is 0 Å². The minimum absolute atomic E-state index is 0.0525. The molecule has 1 aromatic rings. The summed E-state index contributed by atoms with van der Waals surface area (Å²) < 4.78 is 0. The average molecular weight is 211 g/mol. The van der Waals surface area contributed by atoms with Crippen molar-refractivity contribution >= 4 is 11.7 Å². The molecule has 0 fully saturated rings. The zero-order valence-electron chi connectivity index (χ0n) is 7.91. The Hall–Kier alpha value is -1.95. The van der Waals surface area contributed by atoms with Crippen LogP contribution in [0.5, 0.6) is 0 Å². The van der Waals surface area contributed by atoms with E-state index in [9.17, 15) is 14.9 Å². The van der Waals surface area contributed by atoms with Gasteiger partial charge in [-0.15, -0.1) is 0 Å². The number of nitro benzene ring substituents is 1. The normalized spacial score (nSPS) is 11.9. The maximum Gasteiger partial charge on any atom is 0.349 e.